The molecule has 160 valence electrons. The van der Waals surface area contributed by atoms with E-state index in [0.29, 0.717) is 12.9 Å². The summed E-state index contributed by atoms with van der Waals surface area (Å²) in [7, 11) is 0. The van der Waals surface area contributed by atoms with Crippen molar-refractivity contribution in [1.29, 1.82) is 0 Å². The number of aliphatic hydroxyl groups is 1. The van der Waals surface area contributed by atoms with Crippen molar-refractivity contribution >= 4 is 5.91 Å². The molecule has 5 atom stereocenters. The van der Waals surface area contributed by atoms with E-state index in [9.17, 15) is 14.3 Å². The molecule has 1 heterocycles. The van der Waals surface area contributed by atoms with Crippen LogP contribution in [-0.2, 0) is 4.79 Å². The summed E-state index contributed by atoms with van der Waals surface area (Å²) in [4.78, 5) is 17.3. The zero-order valence-corrected chi connectivity index (χ0v) is 17.9. The van der Waals surface area contributed by atoms with E-state index < -0.39 is 11.5 Å². The second kappa shape index (κ2) is 10.5. The molecule has 4 nitrogen and oxygen atoms in total. The highest BCUT2D eigenvalue weighted by Gasteiger charge is 2.51. The Morgan fingerprint density at radius 1 is 1.46 bits per heavy atom. The molecule has 0 aromatic heterocycles. The van der Waals surface area contributed by atoms with Gasteiger partial charge < -0.3 is 10.0 Å². The van der Waals surface area contributed by atoms with Crippen molar-refractivity contribution in [2.24, 2.45) is 11.8 Å². The Hall–Kier alpha value is -1.20. The summed E-state index contributed by atoms with van der Waals surface area (Å²) >= 11 is 0. The minimum atomic E-state index is -0.667. The molecule has 1 N–H and O–H groups in total. The third-order valence-corrected chi connectivity index (χ3v) is 7.03. The number of amides is 1. The van der Waals surface area contributed by atoms with Crippen molar-refractivity contribution in [2.75, 3.05) is 19.6 Å². The fourth-order valence-electron chi connectivity index (χ4n) is 5.11. The van der Waals surface area contributed by atoms with Gasteiger partial charge in [0.1, 0.15) is 0 Å². The molecule has 1 amide bonds. The largest absolute Gasteiger partial charge is 0.388 e. The van der Waals surface area contributed by atoms with E-state index >= 15 is 0 Å². The van der Waals surface area contributed by atoms with Crippen LogP contribution in [0.5, 0.6) is 0 Å². The normalized spacial score (nSPS) is 32.1. The third-order valence-electron chi connectivity index (χ3n) is 7.03. The number of unbranched alkanes of at least 4 members (excludes halogenated alkanes) is 1. The van der Waals surface area contributed by atoms with Crippen molar-refractivity contribution in [2.45, 2.75) is 83.4 Å². The van der Waals surface area contributed by atoms with Crippen LogP contribution in [0.3, 0.4) is 0 Å². The van der Waals surface area contributed by atoms with Crippen molar-refractivity contribution < 1.29 is 14.3 Å². The first-order valence-corrected chi connectivity index (χ1v) is 11.0. The predicted molar refractivity (Wildman–Crippen MR) is 113 cm³/mol. The van der Waals surface area contributed by atoms with Gasteiger partial charge in [0.25, 0.3) is 0 Å². The molecule has 4 unspecified atom stereocenters. The lowest BCUT2D eigenvalue weighted by molar-refractivity contribution is -0.156. The summed E-state index contributed by atoms with van der Waals surface area (Å²) in [5.41, 5.74) is -0.667. The average molecular weight is 395 g/mol. The Kier molecular flexibility index (Phi) is 8.69. The number of hydrogen-bond acceptors (Lipinski definition) is 3. The summed E-state index contributed by atoms with van der Waals surface area (Å²) in [6.45, 7) is 12.6. The Labute approximate surface area is 170 Å². The van der Waals surface area contributed by atoms with E-state index in [1.165, 1.54) is 12.5 Å². The van der Waals surface area contributed by atoms with Crippen LogP contribution in [0.4, 0.5) is 4.39 Å². The van der Waals surface area contributed by atoms with Gasteiger partial charge in [0.15, 0.2) is 0 Å². The lowest BCUT2D eigenvalue weighted by Crippen LogP contribution is -2.64. The fraction of sp³-hybridized carbons (Fsp3) is 0.783. The highest BCUT2D eigenvalue weighted by Crippen LogP contribution is 2.44. The van der Waals surface area contributed by atoms with E-state index in [2.05, 4.69) is 25.3 Å². The molecule has 5 heteroatoms. The molecule has 0 aromatic carbocycles. The van der Waals surface area contributed by atoms with Gasteiger partial charge in [-0.3, -0.25) is 9.69 Å². The Morgan fingerprint density at radius 3 is 2.86 bits per heavy atom. The van der Waals surface area contributed by atoms with Crippen LogP contribution in [0.1, 0.15) is 65.7 Å². The monoisotopic (exact) mass is 394 g/mol. The number of nitrogens with zero attached hydrogens (tertiary/aromatic N) is 2. The summed E-state index contributed by atoms with van der Waals surface area (Å²) in [6, 6.07) is 0.270. The molecule has 1 aliphatic heterocycles. The van der Waals surface area contributed by atoms with E-state index in [-0.39, 0.29) is 23.9 Å². The molecule has 1 saturated carbocycles. The second-order valence-electron chi connectivity index (χ2n) is 8.69. The second-order valence-corrected chi connectivity index (χ2v) is 8.69. The summed E-state index contributed by atoms with van der Waals surface area (Å²) in [5, 5.41) is 11.5. The van der Waals surface area contributed by atoms with Crippen molar-refractivity contribution in [3.63, 3.8) is 0 Å². The Morgan fingerprint density at radius 2 is 2.21 bits per heavy atom. The number of halogens is 1. The zero-order chi connectivity index (χ0) is 20.7. The SMILES string of the molecule is C=CCCN(C(=O)C(C)/C=C/F)C1CCC2(O)C(CCN(CCCC)[C@@H]2C)C1. The van der Waals surface area contributed by atoms with Crippen LogP contribution < -0.4 is 0 Å². The van der Waals surface area contributed by atoms with Crippen molar-refractivity contribution in [1.82, 2.24) is 9.80 Å². The first-order valence-electron chi connectivity index (χ1n) is 11.0. The molecule has 28 heavy (non-hydrogen) atoms. The number of carbonyl (C=O) groups is 1. The first kappa shape index (κ1) is 23.1. The van der Waals surface area contributed by atoms with E-state index in [1.807, 2.05) is 11.0 Å². The van der Waals surface area contributed by atoms with Gasteiger partial charge >= 0.3 is 0 Å². The number of hydrogen-bond donors (Lipinski definition) is 1. The number of rotatable bonds is 9. The van der Waals surface area contributed by atoms with Gasteiger partial charge in [-0.05, 0) is 77.5 Å². The summed E-state index contributed by atoms with van der Waals surface area (Å²) in [5.74, 6) is -0.282. The van der Waals surface area contributed by atoms with Gasteiger partial charge in [0, 0.05) is 18.6 Å². The van der Waals surface area contributed by atoms with Gasteiger partial charge in [0.2, 0.25) is 5.91 Å². The topological polar surface area (TPSA) is 43.8 Å². The summed E-state index contributed by atoms with van der Waals surface area (Å²) in [6.07, 6.45) is 9.98. The number of fused-ring (bicyclic) bond motifs is 1. The molecule has 0 aromatic rings. The quantitative estimate of drug-likeness (QED) is 0.593. The zero-order valence-electron chi connectivity index (χ0n) is 17.9. The van der Waals surface area contributed by atoms with Gasteiger partial charge in [-0.25, -0.2) is 4.39 Å². The average Bonchev–Trinajstić information content (AvgIpc) is 2.69. The predicted octanol–water partition coefficient (Wildman–Crippen LogP) is 4.30. The van der Waals surface area contributed by atoms with Gasteiger partial charge in [-0.1, -0.05) is 19.4 Å². The molecular weight excluding hydrogens is 355 g/mol. The van der Waals surface area contributed by atoms with Crippen molar-refractivity contribution in [3.05, 3.63) is 25.1 Å². The van der Waals surface area contributed by atoms with Crippen LogP contribution in [0.2, 0.25) is 0 Å². The molecular formula is C23H39FN2O2. The van der Waals surface area contributed by atoms with E-state index in [0.717, 1.165) is 51.6 Å². The maximum absolute atomic E-state index is 12.9. The number of piperidine rings is 1. The fourth-order valence-corrected chi connectivity index (χ4v) is 5.11. The van der Waals surface area contributed by atoms with Crippen LogP contribution in [-0.4, -0.2) is 58.1 Å². The third kappa shape index (κ3) is 5.04. The van der Waals surface area contributed by atoms with E-state index in [1.54, 1.807) is 6.92 Å². The Bertz CT molecular complexity index is 553. The van der Waals surface area contributed by atoms with Crippen LogP contribution in [0, 0.1) is 11.8 Å². The maximum Gasteiger partial charge on any atom is 0.229 e. The molecule has 2 aliphatic rings. The molecule has 1 aliphatic carbocycles. The highest BCUT2D eigenvalue weighted by atomic mass is 19.1. The Balaban J connectivity index is 2.11. The van der Waals surface area contributed by atoms with Gasteiger partial charge in [-0.2, -0.15) is 0 Å². The number of carbonyl (C=O) groups excluding carboxylic acids is 1. The standard InChI is InChI=1S/C23H39FN2O2/c1-5-7-14-25-16-11-20-17-21(9-12-23(20,28)19(25)4)26(15-8-6-2)22(27)18(3)10-13-24/h6,10,13,18-21,28H,2,5,7-9,11-12,14-17H2,1,3-4H3/b13-10+/t18?,19-,20?,21?,23?/m1/s1. The molecule has 2 rings (SSSR count). The first-order chi connectivity index (χ1) is 13.4. The molecule has 2 fully saturated rings. The van der Waals surface area contributed by atoms with Crippen LogP contribution in [0.15, 0.2) is 25.1 Å². The number of likely N-dealkylation sites (tertiary alicyclic amines) is 1. The van der Waals surface area contributed by atoms with Crippen LogP contribution in [0.25, 0.3) is 0 Å². The molecule has 0 spiro atoms. The van der Waals surface area contributed by atoms with Crippen molar-refractivity contribution in [3.8, 4) is 0 Å². The van der Waals surface area contributed by atoms with Gasteiger partial charge in [-0.15, -0.1) is 6.58 Å². The maximum atomic E-state index is 12.9. The highest BCUT2D eigenvalue weighted by molar-refractivity contribution is 5.80. The van der Waals surface area contributed by atoms with E-state index in [4.69, 9.17) is 0 Å². The molecule has 0 bridgehead atoms. The lowest BCUT2D eigenvalue weighted by Gasteiger charge is -2.55. The molecule has 0 radical (unpaired) electrons. The van der Waals surface area contributed by atoms with Crippen LogP contribution >= 0.6 is 0 Å². The minimum Gasteiger partial charge on any atom is -0.388 e. The van der Waals surface area contributed by atoms with Gasteiger partial charge in [0.05, 0.1) is 17.8 Å². The minimum absolute atomic E-state index is 0.0281. The molecule has 1 saturated heterocycles. The smallest absolute Gasteiger partial charge is 0.229 e. The summed E-state index contributed by atoms with van der Waals surface area (Å²) < 4.78 is 12.6. The lowest BCUT2D eigenvalue weighted by atomic mass is 9.65.